The van der Waals surface area contributed by atoms with Crippen molar-refractivity contribution in [1.82, 2.24) is 14.9 Å². The fraction of sp³-hybridized carbons (Fsp3) is 0.500. The van der Waals surface area contributed by atoms with Crippen LogP contribution in [0.25, 0.3) is 0 Å². The number of hydrogen-bond acceptors (Lipinski definition) is 5. The summed E-state index contributed by atoms with van der Waals surface area (Å²) in [5.41, 5.74) is 0.295. The third-order valence-electron chi connectivity index (χ3n) is 5.37. The van der Waals surface area contributed by atoms with Gasteiger partial charge in [0.1, 0.15) is 12.1 Å². The zero-order valence-corrected chi connectivity index (χ0v) is 15.7. The minimum atomic E-state index is -4.29. The average Bonchev–Trinajstić information content (AvgIpc) is 3.41. The van der Waals surface area contributed by atoms with Crippen molar-refractivity contribution >= 4 is 5.82 Å². The summed E-state index contributed by atoms with van der Waals surface area (Å²) < 4.78 is 43.4. The largest absolute Gasteiger partial charge is 0.481 e. The smallest absolute Gasteiger partial charge is 0.416 e. The van der Waals surface area contributed by atoms with Gasteiger partial charge in [-0.15, -0.1) is 0 Å². The van der Waals surface area contributed by atoms with Gasteiger partial charge in [-0.2, -0.15) is 13.2 Å². The van der Waals surface area contributed by atoms with E-state index in [1.807, 2.05) is 6.07 Å². The molecule has 28 heavy (non-hydrogen) atoms. The SMILES string of the molecule is COc1cc(N(C2CC2)C2CCN(Cc3ccc(C(F)(F)F)cc3)C2)ncn1. The summed E-state index contributed by atoms with van der Waals surface area (Å²) in [6, 6.07) is 8.17. The number of aromatic nitrogens is 2. The molecule has 1 aromatic heterocycles. The first-order valence-corrected chi connectivity index (χ1v) is 9.47. The van der Waals surface area contributed by atoms with E-state index in [-0.39, 0.29) is 0 Å². The van der Waals surface area contributed by atoms with Crippen molar-refractivity contribution in [3.8, 4) is 5.88 Å². The van der Waals surface area contributed by atoms with Crippen molar-refractivity contribution < 1.29 is 17.9 Å². The highest BCUT2D eigenvalue weighted by molar-refractivity contribution is 5.45. The summed E-state index contributed by atoms with van der Waals surface area (Å²) in [7, 11) is 1.59. The van der Waals surface area contributed by atoms with E-state index in [2.05, 4.69) is 19.8 Å². The van der Waals surface area contributed by atoms with E-state index in [0.717, 1.165) is 55.9 Å². The second kappa shape index (κ2) is 7.58. The molecule has 150 valence electrons. The Bertz CT molecular complexity index is 808. The highest BCUT2D eigenvalue weighted by atomic mass is 19.4. The van der Waals surface area contributed by atoms with E-state index in [0.29, 0.717) is 24.5 Å². The van der Waals surface area contributed by atoms with Crippen molar-refractivity contribution in [2.75, 3.05) is 25.1 Å². The molecular weight excluding hydrogens is 369 g/mol. The molecule has 0 N–H and O–H groups in total. The normalized spacial score (nSPS) is 20.4. The summed E-state index contributed by atoms with van der Waals surface area (Å²) in [4.78, 5) is 13.2. The van der Waals surface area contributed by atoms with Crippen LogP contribution in [0, 0.1) is 0 Å². The molecule has 2 heterocycles. The third-order valence-corrected chi connectivity index (χ3v) is 5.37. The minimum Gasteiger partial charge on any atom is -0.481 e. The second-order valence-corrected chi connectivity index (χ2v) is 7.43. The maximum Gasteiger partial charge on any atom is 0.416 e. The van der Waals surface area contributed by atoms with Gasteiger partial charge in [-0.05, 0) is 37.0 Å². The monoisotopic (exact) mass is 392 g/mol. The Morgan fingerprint density at radius 1 is 1.11 bits per heavy atom. The van der Waals surface area contributed by atoms with Crippen molar-refractivity contribution in [3.63, 3.8) is 0 Å². The van der Waals surface area contributed by atoms with Crippen LogP contribution in [-0.2, 0) is 12.7 Å². The Labute approximate surface area is 162 Å². The van der Waals surface area contributed by atoms with Gasteiger partial charge in [0.2, 0.25) is 5.88 Å². The van der Waals surface area contributed by atoms with Crippen molar-refractivity contribution in [3.05, 3.63) is 47.8 Å². The van der Waals surface area contributed by atoms with Crippen LogP contribution in [0.15, 0.2) is 36.7 Å². The number of alkyl halides is 3. The van der Waals surface area contributed by atoms with Crippen LogP contribution in [0.4, 0.5) is 19.0 Å². The predicted molar refractivity (Wildman–Crippen MR) is 99.2 cm³/mol. The molecule has 1 saturated heterocycles. The molecule has 2 fully saturated rings. The Hall–Kier alpha value is -2.35. The topological polar surface area (TPSA) is 41.5 Å². The molecule has 0 spiro atoms. The van der Waals surface area contributed by atoms with Gasteiger partial charge in [-0.3, -0.25) is 4.90 Å². The van der Waals surface area contributed by atoms with E-state index in [1.54, 1.807) is 19.2 Å². The molecular formula is C20H23F3N4O. The quantitative estimate of drug-likeness (QED) is 0.749. The van der Waals surface area contributed by atoms with Gasteiger partial charge in [0.15, 0.2) is 0 Å². The Balaban J connectivity index is 1.42. The maximum atomic E-state index is 12.7. The molecule has 8 heteroatoms. The second-order valence-electron chi connectivity index (χ2n) is 7.43. The standard InChI is InChI=1S/C20H23F3N4O/c1-28-19-10-18(24-13-25-19)27(16-6-7-16)17-8-9-26(12-17)11-14-2-4-15(5-3-14)20(21,22)23/h2-5,10,13,16-17H,6-9,11-12H2,1H3. The van der Waals surface area contributed by atoms with E-state index in [1.165, 1.54) is 6.33 Å². The van der Waals surface area contributed by atoms with Gasteiger partial charge in [-0.25, -0.2) is 9.97 Å². The van der Waals surface area contributed by atoms with Gasteiger partial charge in [0.25, 0.3) is 0 Å². The van der Waals surface area contributed by atoms with Gasteiger partial charge in [0, 0.05) is 37.8 Å². The molecule has 1 aliphatic heterocycles. The van der Waals surface area contributed by atoms with Crippen LogP contribution in [0.1, 0.15) is 30.4 Å². The van der Waals surface area contributed by atoms with Crippen LogP contribution in [0.3, 0.4) is 0 Å². The summed E-state index contributed by atoms with van der Waals surface area (Å²) >= 11 is 0. The zero-order valence-electron chi connectivity index (χ0n) is 15.7. The van der Waals surface area contributed by atoms with E-state index in [4.69, 9.17) is 4.74 Å². The number of hydrogen-bond donors (Lipinski definition) is 0. The lowest BCUT2D eigenvalue weighted by Crippen LogP contribution is -2.39. The molecule has 0 bridgehead atoms. The third kappa shape index (κ3) is 4.22. The molecule has 2 aliphatic rings. The summed E-state index contributed by atoms with van der Waals surface area (Å²) in [6.45, 7) is 2.43. The summed E-state index contributed by atoms with van der Waals surface area (Å²) in [5.74, 6) is 1.44. The van der Waals surface area contributed by atoms with Crippen molar-refractivity contribution in [1.29, 1.82) is 0 Å². The lowest BCUT2D eigenvalue weighted by molar-refractivity contribution is -0.137. The van der Waals surface area contributed by atoms with Gasteiger partial charge in [-0.1, -0.05) is 12.1 Å². The van der Waals surface area contributed by atoms with Crippen LogP contribution in [0.2, 0.25) is 0 Å². The fourth-order valence-electron chi connectivity index (χ4n) is 3.85. The van der Waals surface area contributed by atoms with Crippen molar-refractivity contribution in [2.45, 2.75) is 44.1 Å². The van der Waals surface area contributed by atoms with Crippen LogP contribution in [-0.4, -0.2) is 47.2 Å². The first-order chi connectivity index (χ1) is 13.4. The highest BCUT2D eigenvalue weighted by Gasteiger charge is 2.38. The first kappa shape index (κ1) is 19.0. The predicted octanol–water partition coefficient (Wildman–Crippen LogP) is 3.75. The number of rotatable bonds is 6. The number of methoxy groups -OCH3 is 1. The Morgan fingerprint density at radius 2 is 1.86 bits per heavy atom. The van der Waals surface area contributed by atoms with Gasteiger partial charge >= 0.3 is 6.18 Å². The van der Waals surface area contributed by atoms with Gasteiger partial charge in [0.05, 0.1) is 12.7 Å². The minimum absolute atomic E-state index is 0.335. The number of ether oxygens (including phenoxy) is 1. The Kier molecular flexibility index (Phi) is 5.14. The summed E-state index contributed by atoms with van der Waals surface area (Å²) in [6.07, 6.45) is 0.548. The molecule has 0 amide bonds. The van der Waals surface area contributed by atoms with E-state index < -0.39 is 11.7 Å². The lowest BCUT2D eigenvalue weighted by atomic mass is 10.1. The molecule has 4 rings (SSSR count). The van der Waals surface area contributed by atoms with E-state index in [9.17, 15) is 13.2 Å². The number of likely N-dealkylation sites (tertiary alicyclic amines) is 1. The first-order valence-electron chi connectivity index (χ1n) is 9.47. The number of anilines is 1. The van der Waals surface area contributed by atoms with Crippen LogP contribution < -0.4 is 9.64 Å². The fourth-order valence-corrected chi connectivity index (χ4v) is 3.85. The molecule has 2 aromatic rings. The Morgan fingerprint density at radius 3 is 2.50 bits per heavy atom. The van der Waals surface area contributed by atoms with Crippen molar-refractivity contribution in [2.24, 2.45) is 0 Å². The van der Waals surface area contributed by atoms with Crippen LogP contribution in [0.5, 0.6) is 5.88 Å². The highest BCUT2D eigenvalue weighted by Crippen LogP contribution is 2.36. The molecule has 1 atom stereocenters. The molecule has 1 saturated carbocycles. The maximum absolute atomic E-state index is 12.7. The number of nitrogens with zero attached hydrogens (tertiary/aromatic N) is 4. The van der Waals surface area contributed by atoms with Gasteiger partial charge < -0.3 is 9.64 Å². The summed E-state index contributed by atoms with van der Waals surface area (Å²) in [5, 5.41) is 0. The molecule has 5 nitrogen and oxygen atoms in total. The molecule has 1 unspecified atom stereocenters. The number of benzene rings is 1. The molecule has 0 radical (unpaired) electrons. The average molecular weight is 392 g/mol. The molecule has 1 aliphatic carbocycles. The van der Waals surface area contributed by atoms with E-state index >= 15 is 0 Å². The lowest BCUT2D eigenvalue weighted by Gasteiger charge is -2.30. The number of halogens is 3. The molecule has 1 aromatic carbocycles. The van der Waals surface area contributed by atoms with Crippen LogP contribution >= 0.6 is 0 Å². The zero-order chi connectivity index (χ0) is 19.7.